The lowest BCUT2D eigenvalue weighted by atomic mass is 9.95. The summed E-state index contributed by atoms with van der Waals surface area (Å²) in [5, 5.41) is 10.9. The van der Waals surface area contributed by atoms with Gasteiger partial charge >= 0.3 is 0 Å². The maximum absolute atomic E-state index is 13.4. The highest BCUT2D eigenvalue weighted by molar-refractivity contribution is 6.14. The molecule has 2 aromatic carbocycles. The number of benzene rings is 2. The highest BCUT2D eigenvalue weighted by Gasteiger charge is 2.43. The van der Waals surface area contributed by atoms with Crippen molar-refractivity contribution in [2.75, 3.05) is 53.1 Å². The topological polar surface area (TPSA) is 88.5 Å². The number of carbonyl (C=O) groups excluding carboxylic acids is 2. The highest BCUT2D eigenvalue weighted by atomic mass is 16.5. The largest absolute Gasteiger partial charge is 0.503 e. The Labute approximate surface area is 217 Å². The predicted molar refractivity (Wildman–Crippen MR) is 141 cm³/mol. The van der Waals surface area contributed by atoms with Gasteiger partial charge in [-0.25, -0.2) is 0 Å². The molecule has 0 spiro atoms. The second-order valence-electron chi connectivity index (χ2n) is 8.92. The van der Waals surface area contributed by atoms with Crippen LogP contribution in [0.2, 0.25) is 0 Å². The lowest BCUT2D eigenvalue weighted by Gasteiger charge is -2.30. The molecule has 2 heterocycles. The summed E-state index contributed by atoms with van der Waals surface area (Å²) in [4.78, 5) is 30.5. The Bertz CT molecular complexity index is 1150. The molecule has 0 aromatic heterocycles. The molecule has 2 aliphatic heterocycles. The molecule has 0 aliphatic carbocycles. The third-order valence-electron chi connectivity index (χ3n) is 6.58. The summed E-state index contributed by atoms with van der Waals surface area (Å²) in [7, 11) is 1.55. The molecule has 8 nitrogen and oxygen atoms in total. The van der Waals surface area contributed by atoms with Gasteiger partial charge in [-0.1, -0.05) is 42.5 Å². The number of rotatable bonds is 11. The number of allylic oxidation sites excluding steroid dienone is 1. The Hall–Kier alpha value is -3.62. The molecule has 0 bridgehead atoms. The Kier molecular flexibility index (Phi) is 8.98. The maximum atomic E-state index is 13.4. The first-order valence-electron chi connectivity index (χ1n) is 12.7. The van der Waals surface area contributed by atoms with E-state index >= 15 is 0 Å². The van der Waals surface area contributed by atoms with E-state index in [1.165, 1.54) is 6.08 Å². The van der Waals surface area contributed by atoms with Gasteiger partial charge in [0.15, 0.2) is 23.0 Å². The van der Waals surface area contributed by atoms with Gasteiger partial charge < -0.3 is 24.2 Å². The number of ether oxygens (including phenoxy) is 3. The summed E-state index contributed by atoms with van der Waals surface area (Å²) in [6.07, 6.45) is 3.79. The van der Waals surface area contributed by atoms with Crippen LogP contribution >= 0.6 is 0 Å². The van der Waals surface area contributed by atoms with Crippen LogP contribution in [0.3, 0.4) is 0 Å². The van der Waals surface area contributed by atoms with Crippen molar-refractivity contribution in [2.45, 2.75) is 19.4 Å². The second kappa shape index (κ2) is 12.6. The first-order valence-corrected chi connectivity index (χ1v) is 12.7. The first-order chi connectivity index (χ1) is 18.0. The number of nitrogens with zero attached hydrogens (tertiary/aromatic N) is 2. The van der Waals surface area contributed by atoms with Crippen molar-refractivity contribution in [1.29, 1.82) is 0 Å². The van der Waals surface area contributed by atoms with Crippen LogP contribution in [-0.2, 0) is 14.3 Å². The first kappa shape index (κ1) is 26.4. The van der Waals surface area contributed by atoms with Crippen molar-refractivity contribution < 1.29 is 28.9 Å². The van der Waals surface area contributed by atoms with Crippen molar-refractivity contribution in [3.05, 3.63) is 77.1 Å². The zero-order valence-corrected chi connectivity index (χ0v) is 21.4. The van der Waals surface area contributed by atoms with Crippen LogP contribution in [0.25, 0.3) is 6.08 Å². The Morgan fingerprint density at radius 2 is 1.86 bits per heavy atom. The number of amides is 1. The van der Waals surface area contributed by atoms with Crippen molar-refractivity contribution in [2.24, 2.45) is 0 Å². The van der Waals surface area contributed by atoms with E-state index in [1.54, 1.807) is 30.2 Å². The lowest BCUT2D eigenvalue weighted by Crippen LogP contribution is -2.39. The van der Waals surface area contributed by atoms with Gasteiger partial charge in [0.1, 0.15) is 0 Å². The zero-order chi connectivity index (χ0) is 26.2. The van der Waals surface area contributed by atoms with Crippen LogP contribution in [0, 0.1) is 0 Å². The Morgan fingerprint density at radius 1 is 1.11 bits per heavy atom. The molecule has 1 atom stereocenters. The molecule has 37 heavy (non-hydrogen) atoms. The van der Waals surface area contributed by atoms with E-state index in [-0.39, 0.29) is 5.57 Å². The van der Waals surface area contributed by atoms with Crippen LogP contribution in [0.5, 0.6) is 11.5 Å². The number of carbonyl (C=O) groups is 2. The van der Waals surface area contributed by atoms with Gasteiger partial charge in [-0.15, -0.1) is 0 Å². The van der Waals surface area contributed by atoms with E-state index in [1.807, 2.05) is 43.3 Å². The Morgan fingerprint density at radius 3 is 2.57 bits per heavy atom. The van der Waals surface area contributed by atoms with Gasteiger partial charge in [0.05, 0.1) is 38.5 Å². The van der Waals surface area contributed by atoms with Gasteiger partial charge in [-0.05, 0) is 42.7 Å². The fraction of sp³-hybridized carbons (Fsp3) is 0.379. The molecule has 1 unspecified atom stereocenters. The number of aliphatic hydroxyl groups excluding tert-OH is 1. The number of morpholine rings is 1. The van der Waals surface area contributed by atoms with Crippen molar-refractivity contribution in [3.63, 3.8) is 0 Å². The second-order valence-corrected chi connectivity index (χ2v) is 8.92. The third kappa shape index (κ3) is 6.21. The minimum atomic E-state index is -0.741. The molecule has 1 amide bonds. The van der Waals surface area contributed by atoms with E-state index in [9.17, 15) is 14.7 Å². The van der Waals surface area contributed by atoms with Crippen molar-refractivity contribution in [3.8, 4) is 11.5 Å². The van der Waals surface area contributed by atoms with Gasteiger partial charge in [-0.3, -0.25) is 14.5 Å². The van der Waals surface area contributed by atoms with E-state index < -0.39 is 23.5 Å². The standard InChI is InChI=1S/C29H34N2O6/c1-3-37-24-13-11-22(20-25(24)35-2)27-26(23(32)12-10-21-8-5-4-6-9-21)28(33)29(34)31(27)15-7-14-30-16-18-36-19-17-30/h4-6,8-13,20,27,33H,3,7,14-19H2,1-2H3/b12-10+. The van der Waals surface area contributed by atoms with Crippen molar-refractivity contribution in [1.82, 2.24) is 9.80 Å². The van der Waals surface area contributed by atoms with E-state index in [4.69, 9.17) is 14.2 Å². The summed E-state index contributed by atoms with van der Waals surface area (Å²) in [6, 6.07) is 14.0. The molecule has 196 valence electrons. The van der Waals surface area contributed by atoms with Gasteiger partial charge in [-0.2, -0.15) is 0 Å². The SMILES string of the molecule is CCOc1ccc(C2C(C(=O)/C=C/c3ccccc3)=C(O)C(=O)N2CCCN2CCOCC2)cc1OC. The number of methoxy groups -OCH3 is 1. The molecule has 1 fully saturated rings. The van der Waals surface area contributed by atoms with Crippen LogP contribution in [0.4, 0.5) is 0 Å². The lowest BCUT2D eigenvalue weighted by molar-refractivity contribution is -0.129. The summed E-state index contributed by atoms with van der Waals surface area (Å²) in [5.41, 5.74) is 1.58. The van der Waals surface area contributed by atoms with Crippen LogP contribution < -0.4 is 9.47 Å². The van der Waals surface area contributed by atoms with Gasteiger partial charge in [0, 0.05) is 26.2 Å². The molecule has 2 aliphatic rings. The van der Waals surface area contributed by atoms with Crippen LogP contribution in [0.1, 0.15) is 30.5 Å². The van der Waals surface area contributed by atoms with Crippen LogP contribution in [0.15, 0.2) is 65.9 Å². The highest BCUT2D eigenvalue weighted by Crippen LogP contribution is 2.41. The smallest absolute Gasteiger partial charge is 0.290 e. The zero-order valence-electron chi connectivity index (χ0n) is 21.4. The van der Waals surface area contributed by atoms with Crippen LogP contribution in [-0.4, -0.2) is 79.7 Å². The molecule has 4 rings (SSSR count). The minimum absolute atomic E-state index is 0.0646. The summed E-state index contributed by atoms with van der Waals surface area (Å²) in [5.74, 6) is -0.397. The fourth-order valence-electron chi connectivity index (χ4n) is 4.73. The monoisotopic (exact) mass is 506 g/mol. The van der Waals surface area contributed by atoms with Crippen molar-refractivity contribution >= 4 is 17.8 Å². The van der Waals surface area contributed by atoms with E-state index in [2.05, 4.69) is 4.90 Å². The Balaban J connectivity index is 1.63. The normalized spacial score (nSPS) is 18.6. The number of aliphatic hydroxyl groups is 1. The predicted octanol–water partition coefficient (Wildman–Crippen LogP) is 3.79. The van der Waals surface area contributed by atoms with E-state index in [0.29, 0.717) is 49.8 Å². The summed E-state index contributed by atoms with van der Waals surface area (Å²) in [6.45, 7) is 6.65. The molecular weight excluding hydrogens is 472 g/mol. The summed E-state index contributed by atoms with van der Waals surface area (Å²) < 4.78 is 16.6. The quantitative estimate of drug-likeness (QED) is 0.464. The molecule has 8 heteroatoms. The minimum Gasteiger partial charge on any atom is -0.503 e. The number of hydrogen-bond donors (Lipinski definition) is 1. The van der Waals surface area contributed by atoms with Gasteiger partial charge in [0.2, 0.25) is 0 Å². The summed E-state index contributed by atoms with van der Waals surface area (Å²) >= 11 is 0. The average molecular weight is 507 g/mol. The molecule has 2 aromatic rings. The molecular formula is C29H34N2O6. The third-order valence-corrected chi connectivity index (χ3v) is 6.58. The maximum Gasteiger partial charge on any atom is 0.290 e. The molecule has 1 N–H and O–H groups in total. The van der Waals surface area contributed by atoms with E-state index in [0.717, 1.165) is 25.2 Å². The number of ketones is 1. The molecule has 0 radical (unpaired) electrons. The number of hydrogen-bond acceptors (Lipinski definition) is 7. The fourth-order valence-corrected chi connectivity index (χ4v) is 4.73. The van der Waals surface area contributed by atoms with Gasteiger partial charge in [0.25, 0.3) is 5.91 Å². The average Bonchev–Trinajstić information content (AvgIpc) is 3.18. The molecule has 0 saturated carbocycles. The molecule has 1 saturated heterocycles.